The number of ether oxygens (including phenoxy) is 1. The number of pyridine rings is 1. The van der Waals surface area contributed by atoms with Crippen molar-refractivity contribution in [3.63, 3.8) is 0 Å². The first kappa shape index (κ1) is 55.7. The molecule has 89 heavy (non-hydrogen) atoms. The minimum Gasteiger partial charge on any atom is -0.310 e. The van der Waals surface area contributed by atoms with E-state index < -0.39 is 5.41 Å². The maximum atomic E-state index is 7.17. The van der Waals surface area contributed by atoms with Crippen LogP contribution < -0.4 is 14.5 Å². The van der Waals surface area contributed by atoms with Crippen LogP contribution in [0.25, 0.3) is 55.8 Å². The van der Waals surface area contributed by atoms with Crippen LogP contribution in [0.15, 0.2) is 267 Å². The molecule has 2 aliphatic heterocycles. The number of fused-ring (bicyclic) bond motifs is 9. The Morgan fingerprint density at radius 2 is 0.955 bits per heavy atom. The molecule has 0 saturated heterocycles. The van der Waals surface area contributed by atoms with Crippen LogP contribution in [0.4, 0.5) is 34.3 Å². The third-order valence-electron chi connectivity index (χ3n) is 17.9. The summed E-state index contributed by atoms with van der Waals surface area (Å²) < 4.78 is 12.9. The van der Waals surface area contributed by atoms with Gasteiger partial charge >= 0.3 is 306 Å². The Labute approximate surface area is 532 Å². The van der Waals surface area contributed by atoms with Gasteiger partial charge in [0, 0.05) is 28.8 Å². The zero-order chi connectivity index (χ0) is 60.8. The van der Waals surface area contributed by atoms with E-state index in [-0.39, 0.29) is 10.8 Å². The molecule has 2 aliphatic rings. The van der Waals surface area contributed by atoms with E-state index in [9.17, 15) is 0 Å². The number of aryl methyl sites for hydroxylation is 1. The van der Waals surface area contributed by atoms with Crippen molar-refractivity contribution in [1.82, 2.24) is 14.1 Å². The molecule has 15 rings (SSSR count). The van der Waals surface area contributed by atoms with Crippen molar-refractivity contribution in [3.05, 3.63) is 322 Å². The monoisotopic (exact) mass is 1330 g/mol. The van der Waals surface area contributed by atoms with E-state index in [2.05, 4.69) is 354 Å². The van der Waals surface area contributed by atoms with Gasteiger partial charge in [0.05, 0.1) is 0 Å². The third kappa shape index (κ3) is 9.34. The van der Waals surface area contributed by atoms with Crippen molar-refractivity contribution in [2.24, 2.45) is 0 Å². The fraction of sp³-hybridized carbons (Fsp3) is 0.122. The first-order valence-electron chi connectivity index (χ1n) is 30.5. The van der Waals surface area contributed by atoms with Crippen LogP contribution in [-0.2, 0) is 35.6 Å². The molecule has 0 radical (unpaired) electrons. The smallest absolute Gasteiger partial charge is 0.310 e. The van der Waals surface area contributed by atoms with Crippen molar-refractivity contribution >= 4 is 45.3 Å². The van der Waals surface area contributed by atoms with E-state index in [1.54, 1.807) is 0 Å². The molecule has 7 heteroatoms. The summed E-state index contributed by atoms with van der Waals surface area (Å²) >= 11 is 2.50. The number of hydrogen-bond acceptors (Lipinski definition) is 4. The van der Waals surface area contributed by atoms with Crippen LogP contribution in [0.2, 0.25) is 0 Å². The summed E-state index contributed by atoms with van der Waals surface area (Å²) in [5.41, 5.74) is 23.3. The van der Waals surface area contributed by atoms with Crippen LogP contribution >= 0.6 is 0 Å². The van der Waals surface area contributed by atoms with Crippen molar-refractivity contribution in [3.8, 4) is 56.3 Å². The van der Waals surface area contributed by atoms with Gasteiger partial charge in [-0.2, -0.15) is 0 Å². The topological polar surface area (TPSA) is 38.5 Å². The molecule has 6 nitrogen and oxygen atoms in total. The average molecular weight is 1330 g/mol. The van der Waals surface area contributed by atoms with Gasteiger partial charge in [0.15, 0.2) is 0 Å². The molecule has 11 aromatic carbocycles. The van der Waals surface area contributed by atoms with Crippen molar-refractivity contribution in [1.29, 1.82) is 0 Å². The van der Waals surface area contributed by atoms with Crippen molar-refractivity contribution in [2.75, 3.05) is 9.80 Å². The fourth-order valence-electron chi connectivity index (χ4n) is 13.6. The van der Waals surface area contributed by atoms with E-state index in [1.165, 1.54) is 27.8 Å². The van der Waals surface area contributed by atoms with E-state index in [1.807, 2.05) is 12.3 Å². The Hall–Kier alpha value is -9.87. The number of hydrogen-bond donors (Lipinski definition) is 0. The second kappa shape index (κ2) is 21.8. The van der Waals surface area contributed by atoms with E-state index >= 15 is 0 Å². The summed E-state index contributed by atoms with van der Waals surface area (Å²) in [7, 11) is 0. The number of para-hydroxylation sites is 6. The second-order valence-electron chi connectivity index (χ2n) is 25.4. The molecule has 0 unspecified atom stereocenters. The molecule has 2 aromatic heterocycles. The Kier molecular flexibility index (Phi) is 13.6. The van der Waals surface area contributed by atoms with Gasteiger partial charge < -0.3 is 4.90 Å². The molecule has 0 amide bonds. The number of imidazole rings is 1. The van der Waals surface area contributed by atoms with Gasteiger partial charge in [-0.3, -0.25) is 0 Å². The van der Waals surface area contributed by atoms with Gasteiger partial charge in [0.2, 0.25) is 0 Å². The third-order valence-corrected chi connectivity index (χ3v) is 18.9. The Morgan fingerprint density at radius 3 is 1.57 bits per heavy atom. The second-order valence-corrected chi connectivity index (χ2v) is 26.4. The minimum atomic E-state index is -0.827. The zero-order valence-electron chi connectivity index (χ0n) is 50.9. The molecule has 1 spiro atoms. The molecule has 4 heterocycles. The van der Waals surface area contributed by atoms with Crippen LogP contribution in [0.1, 0.15) is 80.5 Å². The summed E-state index contributed by atoms with van der Waals surface area (Å²) in [6.07, 6.45) is 2.05. The van der Waals surface area contributed by atoms with Gasteiger partial charge in [-0.1, -0.05) is 133 Å². The van der Waals surface area contributed by atoms with Crippen LogP contribution in [-0.4, -0.2) is 14.1 Å². The normalized spacial score (nSPS) is 13.2. The summed E-state index contributed by atoms with van der Waals surface area (Å²) in [5, 5.41) is 0. The minimum absolute atomic E-state index is 0.0392. The molecule has 436 valence electrons. The Balaban J connectivity index is 0.925. The summed E-state index contributed by atoms with van der Waals surface area (Å²) in [5.74, 6) is 1.90. The zero-order valence-corrected chi connectivity index (χ0v) is 53.1. The molecule has 0 atom stereocenters. The number of aromatic nitrogens is 3. The van der Waals surface area contributed by atoms with E-state index in [4.69, 9.17) is 9.72 Å². The van der Waals surface area contributed by atoms with Crippen molar-refractivity contribution in [2.45, 2.75) is 64.7 Å². The molecule has 0 bridgehead atoms. The molecule has 0 N–H and O–H groups in total. The maximum absolute atomic E-state index is 7.17. The van der Waals surface area contributed by atoms with Crippen molar-refractivity contribution < 1.29 is 24.1 Å². The van der Waals surface area contributed by atoms with Gasteiger partial charge in [-0.05, 0) is 64.3 Å². The molecule has 0 aliphatic carbocycles. The summed E-state index contributed by atoms with van der Waals surface area (Å²) in [6.45, 7) is 15.9. The Morgan fingerprint density at radius 1 is 0.427 bits per heavy atom. The predicted octanol–water partition coefficient (Wildman–Crippen LogP) is 21.1. The van der Waals surface area contributed by atoms with Crippen LogP contribution in [0.5, 0.6) is 11.5 Å². The number of benzene rings is 11. The Bertz CT molecular complexity index is 4830. The SMILES string of the molecule is Cc1cc(N2c3[c-]c(Oc4[c-]c(-n5[c](=[Pt])n(-c6c(-c7ccccc7)cccc6-c6ccccc6)c6ccccc65)ccc4)ccc3C3(c4cc(C(C)(C)C)ccc42)c2ccccc2N(c2ccccc2)c2ccccc23)ncc1-c1ccc(C(C)(C)C)cc1. The van der Waals surface area contributed by atoms with E-state index in [0.717, 1.165) is 105 Å². The molecular weight excluding hydrogens is 1270 g/mol. The fourth-order valence-corrected chi connectivity index (χ4v) is 14.7. The first-order chi connectivity index (χ1) is 43.3. The number of nitrogens with zero attached hydrogens (tertiary/aromatic N) is 5. The molecular formula is C82H65N5OPt-2. The first-order valence-corrected chi connectivity index (χ1v) is 31.7. The number of anilines is 6. The molecule has 0 fully saturated rings. The summed E-state index contributed by atoms with van der Waals surface area (Å²) in [4.78, 5) is 10.2. The van der Waals surface area contributed by atoms with Gasteiger partial charge in [-0.25, -0.2) is 0 Å². The van der Waals surface area contributed by atoms with Crippen LogP contribution in [0.3, 0.4) is 0 Å². The van der Waals surface area contributed by atoms with Crippen LogP contribution in [0, 0.1) is 22.9 Å². The number of rotatable bonds is 9. The quantitative estimate of drug-likeness (QED) is 0.135. The van der Waals surface area contributed by atoms with Gasteiger partial charge in [-0.15, -0.1) is 0 Å². The van der Waals surface area contributed by atoms with Gasteiger partial charge in [0.25, 0.3) is 0 Å². The molecule has 0 saturated carbocycles. The molecule has 13 aromatic rings. The predicted molar refractivity (Wildman–Crippen MR) is 361 cm³/mol. The van der Waals surface area contributed by atoms with Gasteiger partial charge in [0.1, 0.15) is 0 Å². The van der Waals surface area contributed by atoms with E-state index in [0.29, 0.717) is 11.5 Å². The average Bonchev–Trinajstić information content (AvgIpc) is 1.07. The standard InChI is InChI=1S/C82H65N5O.Pt/c1-55-49-78(83-53-67(55)58-41-43-59(44-42-58)80(2,3)4)87-74-48-45-60(81(5,6)7)50-71(74)82(68-35-17-19-37-72(68)86(61-29-15-10-16-30-61)73-38-20-18-36-69(73)82)70-47-46-64(52-77(70)87)88-63-32-23-31-62(51-63)84-54-85(76-40-22-21-39-75(76)84)79-65(56-25-11-8-12-26-56)33-24-34-66(79)57-27-13-9-14-28-57;/h8-50,53H,1-7H3;/q-2;. The summed E-state index contributed by atoms with van der Waals surface area (Å²) in [6, 6.07) is 102.